The third-order valence-electron chi connectivity index (χ3n) is 7.37. The number of aryl methyl sites for hydroxylation is 2. The molecule has 0 spiro atoms. The average molecular weight is 577 g/mol. The fourth-order valence-corrected chi connectivity index (χ4v) is 6.40. The molecule has 3 aromatic carbocycles. The summed E-state index contributed by atoms with van der Waals surface area (Å²) >= 11 is 0. The number of hydrogen-bond donors (Lipinski definition) is 2. The minimum Gasteiger partial charge on any atom is -0.384 e. The summed E-state index contributed by atoms with van der Waals surface area (Å²) in [6.45, 7) is 7.98. The minimum absolute atomic E-state index is 0.0501. The predicted molar refractivity (Wildman–Crippen MR) is 165 cm³/mol. The zero-order valence-electron chi connectivity index (χ0n) is 24.1. The molecule has 218 valence electrons. The topological polar surface area (TPSA) is 118 Å². The monoisotopic (exact) mass is 576 g/mol. The van der Waals surface area contributed by atoms with Crippen LogP contribution in [-0.2, 0) is 34.1 Å². The van der Waals surface area contributed by atoms with Gasteiger partial charge < -0.3 is 19.9 Å². The van der Waals surface area contributed by atoms with Crippen LogP contribution >= 0.6 is 0 Å². The largest absolute Gasteiger partial charge is 0.384 e. The molecular formula is C31H40N6O3S. The van der Waals surface area contributed by atoms with Gasteiger partial charge in [0.15, 0.2) is 0 Å². The van der Waals surface area contributed by atoms with E-state index in [1.165, 1.54) is 4.31 Å². The summed E-state index contributed by atoms with van der Waals surface area (Å²) < 4.78 is 36.7. The van der Waals surface area contributed by atoms with E-state index in [0.29, 0.717) is 43.9 Å². The van der Waals surface area contributed by atoms with Gasteiger partial charge in [0.05, 0.1) is 28.2 Å². The van der Waals surface area contributed by atoms with Crippen LogP contribution in [0.5, 0.6) is 0 Å². The molecule has 0 bridgehead atoms. The number of nitrogens with one attached hydrogen (secondary N) is 1. The Labute approximate surface area is 243 Å². The van der Waals surface area contributed by atoms with Crippen molar-refractivity contribution in [3.8, 4) is 0 Å². The maximum Gasteiger partial charge on any atom is 0.264 e. The minimum atomic E-state index is -3.78. The quantitative estimate of drug-likeness (QED) is 0.161. The zero-order valence-corrected chi connectivity index (χ0v) is 24.9. The van der Waals surface area contributed by atoms with Crippen molar-refractivity contribution in [1.29, 1.82) is 5.41 Å². The summed E-state index contributed by atoms with van der Waals surface area (Å²) in [5.41, 5.74) is 9.69. The number of nitrogens with two attached hydrogens (primary N) is 1. The Kier molecular flexibility index (Phi) is 10.1. The molecule has 0 fully saturated rings. The van der Waals surface area contributed by atoms with E-state index >= 15 is 0 Å². The van der Waals surface area contributed by atoms with E-state index < -0.39 is 10.0 Å². The van der Waals surface area contributed by atoms with Crippen LogP contribution in [0.2, 0.25) is 0 Å². The van der Waals surface area contributed by atoms with Crippen LogP contribution < -0.4 is 10.0 Å². The number of likely N-dealkylation sites (N-methyl/N-ethyl adjacent to an activating group) is 1. The molecule has 0 aliphatic heterocycles. The van der Waals surface area contributed by atoms with Gasteiger partial charge >= 0.3 is 0 Å². The van der Waals surface area contributed by atoms with Crippen molar-refractivity contribution in [2.75, 3.05) is 44.2 Å². The van der Waals surface area contributed by atoms with Gasteiger partial charge in [-0.25, -0.2) is 13.4 Å². The average Bonchev–Trinajstić information content (AvgIpc) is 3.34. The Morgan fingerprint density at radius 2 is 1.68 bits per heavy atom. The summed E-state index contributed by atoms with van der Waals surface area (Å²) in [7, 11) is -2.10. The highest BCUT2D eigenvalue weighted by atomic mass is 32.2. The van der Waals surface area contributed by atoms with Gasteiger partial charge in [-0.3, -0.25) is 9.71 Å². The number of sulfonamides is 1. The molecule has 0 unspecified atom stereocenters. The van der Waals surface area contributed by atoms with E-state index in [-0.39, 0.29) is 10.7 Å². The first-order valence-electron chi connectivity index (χ1n) is 14.0. The number of aromatic nitrogens is 2. The standard InChI is InChI=1S/C31H40N6O3S/c1-4-35(5-2)19-20-37(41(38,39)27-9-7-6-8-10-27)26-16-17-29-28(23-26)34-30(36(29)21-22-40-3)18-13-24-11-14-25(15-12-24)31(32)33/h6-12,14-17,23H,4-5,13,18-22H2,1-3H3,(H3,32,33). The molecule has 0 aliphatic carbocycles. The number of hydrogen-bond acceptors (Lipinski definition) is 6. The maximum atomic E-state index is 13.8. The lowest BCUT2D eigenvalue weighted by molar-refractivity contribution is 0.187. The molecule has 10 heteroatoms. The lowest BCUT2D eigenvalue weighted by Gasteiger charge is -2.27. The molecule has 1 aromatic heterocycles. The lowest BCUT2D eigenvalue weighted by Crippen LogP contribution is -2.38. The number of ether oxygens (including phenoxy) is 1. The molecule has 4 aromatic rings. The Balaban J connectivity index is 1.69. The molecule has 41 heavy (non-hydrogen) atoms. The second-order valence-electron chi connectivity index (χ2n) is 9.87. The van der Waals surface area contributed by atoms with Crippen LogP contribution in [0, 0.1) is 5.41 Å². The Morgan fingerprint density at radius 3 is 2.32 bits per heavy atom. The van der Waals surface area contributed by atoms with Gasteiger partial charge in [0.2, 0.25) is 0 Å². The van der Waals surface area contributed by atoms with Crippen LogP contribution in [-0.4, -0.2) is 68.6 Å². The van der Waals surface area contributed by atoms with E-state index in [4.69, 9.17) is 20.9 Å². The number of nitrogens with zero attached hydrogens (tertiary/aromatic N) is 4. The van der Waals surface area contributed by atoms with Crippen molar-refractivity contribution in [2.45, 2.75) is 38.1 Å². The SMILES string of the molecule is CCN(CC)CCN(c1ccc2c(c1)nc(CCc1ccc(C(=N)N)cc1)n2CCOC)S(=O)(=O)c1ccccc1. The van der Waals surface area contributed by atoms with E-state index in [1.54, 1.807) is 31.4 Å². The highest BCUT2D eigenvalue weighted by Gasteiger charge is 2.26. The maximum absolute atomic E-state index is 13.8. The van der Waals surface area contributed by atoms with Crippen LogP contribution in [0.25, 0.3) is 11.0 Å². The summed E-state index contributed by atoms with van der Waals surface area (Å²) in [6, 6.07) is 22.0. The highest BCUT2D eigenvalue weighted by Crippen LogP contribution is 2.28. The van der Waals surface area contributed by atoms with Crippen LogP contribution in [0.1, 0.15) is 30.8 Å². The van der Waals surface area contributed by atoms with Gasteiger partial charge in [-0.2, -0.15) is 0 Å². The van der Waals surface area contributed by atoms with Crippen molar-refractivity contribution < 1.29 is 13.2 Å². The van der Waals surface area contributed by atoms with Crippen molar-refractivity contribution in [1.82, 2.24) is 14.5 Å². The smallest absolute Gasteiger partial charge is 0.264 e. The van der Waals surface area contributed by atoms with Crippen LogP contribution in [0.4, 0.5) is 5.69 Å². The number of nitrogen functional groups attached to an aromatic ring is 1. The summed E-state index contributed by atoms with van der Waals surface area (Å²) in [5.74, 6) is 0.958. The van der Waals surface area contributed by atoms with Crippen molar-refractivity contribution in [2.24, 2.45) is 5.73 Å². The number of methoxy groups -OCH3 is 1. The molecule has 3 N–H and O–H groups in total. The fourth-order valence-electron chi connectivity index (χ4n) is 4.93. The molecule has 0 radical (unpaired) electrons. The first kappa shape index (κ1) is 30.2. The molecule has 9 nitrogen and oxygen atoms in total. The van der Waals surface area contributed by atoms with Gasteiger partial charge in [-0.05, 0) is 55.4 Å². The van der Waals surface area contributed by atoms with E-state index in [0.717, 1.165) is 41.9 Å². The Bertz CT molecular complexity index is 1550. The van der Waals surface area contributed by atoms with Crippen molar-refractivity contribution in [3.63, 3.8) is 0 Å². The Hall–Kier alpha value is -3.73. The summed E-state index contributed by atoms with van der Waals surface area (Å²) in [6.07, 6.45) is 1.46. The van der Waals surface area contributed by atoms with Gasteiger partial charge in [-0.1, -0.05) is 56.3 Å². The van der Waals surface area contributed by atoms with Crippen LogP contribution in [0.15, 0.2) is 77.7 Å². The van der Waals surface area contributed by atoms with E-state index in [1.807, 2.05) is 48.5 Å². The molecular weight excluding hydrogens is 536 g/mol. The van der Waals surface area contributed by atoms with Gasteiger partial charge in [0.25, 0.3) is 10.0 Å². The van der Waals surface area contributed by atoms with Gasteiger partial charge in [0.1, 0.15) is 11.7 Å². The number of imidazole rings is 1. The lowest BCUT2D eigenvalue weighted by atomic mass is 10.1. The molecule has 0 atom stereocenters. The summed E-state index contributed by atoms with van der Waals surface area (Å²) in [5, 5.41) is 7.61. The van der Waals surface area contributed by atoms with Crippen molar-refractivity contribution >= 4 is 32.6 Å². The van der Waals surface area contributed by atoms with Crippen LogP contribution in [0.3, 0.4) is 0 Å². The normalized spacial score (nSPS) is 11.8. The molecule has 0 saturated heterocycles. The highest BCUT2D eigenvalue weighted by molar-refractivity contribution is 7.92. The third-order valence-corrected chi connectivity index (χ3v) is 9.21. The van der Waals surface area contributed by atoms with Gasteiger partial charge in [-0.15, -0.1) is 0 Å². The summed E-state index contributed by atoms with van der Waals surface area (Å²) in [4.78, 5) is 7.45. The second kappa shape index (κ2) is 13.8. The number of anilines is 1. The van der Waals surface area contributed by atoms with E-state index in [2.05, 4.69) is 23.3 Å². The zero-order chi connectivity index (χ0) is 29.4. The van der Waals surface area contributed by atoms with E-state index in [9.17, 15) is 8.42 Å². The Morgan fingerprint density at radius 1 is 0.976 bits per heavy atom. The molecule has 4 rings (SSSR count). The molecule has 0 saturated carbocycles. The molecule has 0 aliphatic rings. The predicted octanol–water partition coefficient (Wildman–Crippen LogP) is 4.29. The van der Waals surface area contributed by atoms with Gasteiger partial charge in [0, 0.05) is 38.7 Å². The van der Waals surface area contributed by atoms with Crippen molar-refractivity contribution in [3.05, 3.63) is 89.7 Å². The second-order valence-corrected chi connectivity index (χ2v) is 11.7. The number of fused-ring (bicyclic) bond motifs is 1. The first-order chi connectivity index (χ1) is 19.8. The third kappa shape index (κ3) is 7.13. The number of rotatable bonds is 15. The number of amidine groups is 1. The number of benzene rings is 3. The molecule has 1 heterocycles. The fraction of sp³-hybridized carbons (Fsp3) is 0.355. The molecule has 0 amide bonds. The first-order valence-corrected chi connectivity index (χ1v) is 15.4.